The molecular formula is C13H10Br2F2S. The molecule has 0 amide bonds. The van der Waals surface area contributed by atoms with Crippen molar-refractivity contribution in [1.29, 1.82) is 0 Å². The first-order chi connectivity index (χ1) is 8.54. The summed E-state index contributed by atoms with van der Waals surface area (Å²) < 4.78 is 27.5. The second kappa shape index (κ2) is 5.80. The lowest BCUT2D eigenvalue weighted by atomic mass is 10.1. The fraction of sp³-hybridized carbons (Fsp3) is 0.231. The van der Waals surface area contributed by atoms with Crippen molar-refractivity contribution in [3.8, 4) is 0 Å². The van der Waals surface area contributed by atoms with Gasteiger partial charge in [0.15, 0.2) is 0 Å². The lowest BCUT2D eigenvalue weighted by Gasteiger charge is -2.12. The second-order valence-corrected chi connectivity index (χ2v) is 6.53. The Morgan fingerprint density at radius 2 is 2.00 bits per heavy atom. The minimum absolute atomic E-state index is 0.144. The third kappa shape index (κ3) is 2.68. The van der Waals surface area contributed by atoms with E-state index in [0.717, 1.165) is 22.9 Å². The van der Waals surface area contributed by atoms with Crippen LogP contribution < -0.4 is 0 Å². The van der Waals surface area contributed by atoms with E-state index in [0.29, 0.717) is 5.56 Å². The Morgan fingerprint density at radius 3 is 2.67 bits per heavy atom. The predicted molar refractivity (Wildman–Crippen MR) is 78.5 cm³/mol. The molecule has 96 valence electrons. The highest BCUT2D eigenvalue weighted by Crippen LogP contribution is 2.39. The molecule has 1 atom stereocenters. The molecule has 2 rings (SSSR count). The largest absolute Gasteiger partial charge is 0.207 e. The van der Waals surface area contributed by atoms with Crippen molar-refractivity contribution in [2.45, 2.75) is 18.2 Å². The third-order valence-corrected chi connectivity index (χ3v) is 5.59. The smallest absolute Gasteiger partial charge is 0.137 e. The molecule has 0 aliphatic carbocycles. The minimum Gasteiger partial charge on any atom is -0.207 e. The first-order valence-electron chi connectivity index (χ1n) is 5.39. The van der Waals surface area contributed by atoms with Gasteiger partial charge in [-0.2, -0.15) is 0 Å². The van der Waals surface area contributed by atoms with Crippen LogP contribution in [0, 0.1) is 11.6 Å². The summed E-state index contributed by atoms with van der Waals surface area (Å²) in [4.78, 5) is 0.716. The summed E-state index contributed by atoms with van der Waals surface area (Å²) in [5, 5.41) is 1.97. The van der Waals surface area contributed by atoms with Gasteiger partial charge in [-0.05, 0) is 51.5 Å². The first kappa shape index (κ1) is 14.2. The van der Waals surface area contributed by atoms with Crippen LogP contribution in [0.1, 0.15) is 27.8 Å². The lowest BCUT2D eigenvalue weighted by Crippen LogP contribution is -1.99. The number of aryl methyl sites for hydroxylation is 1. The minimum atomic E-state index is -0.453. The monoisotopic (exact) mass is 394 g/mol. The van der Waals surface area contributed by atoms with Gasteiger partial charge in [0.2, 0.25) is 0 Å². The van der Waals surface area contributed by atoms with E-state index in [4.69, 9.17) is 0 Å². The summed E-state index contributed by atoms with van der Waals surface area (Å²) >= 11 is 7.99. The highest BCUT2D eigenvalue weighted by Gasteiger charge is 2.20. The topological polar surface area (TPSA) is 0 Å². The van der Waals surface area contributed by atoms with Crippen LogP contribution in [0.3, 0.4) is 0 Å². The van der Waals surface area contributed by atoms with Crippen molar-refractivity contribution < 1.29 is 8.78 Å². The molecule has 0 fully saturated rings. The third-order valence-electron chi connectivity index (χ3n) is 2.70. The van der Waals surface area contributed by atoms with E-state index in [2.05, 4.69) is 31.9 Å². The normalized spacial score (nSPS) is 12.7. The number of rotatable bonds is 3. The summed E-state index contributed by atoms with van der Waals surface area (Å²) in [7, 11) is 0. The van der Waals surface area contributed by atoms with Gasteiger partial charge in [0.1, 0.15) is 11.6 Å². The van der Waals surface area contributed by atoms with Gasteiger partial charge in [-0.1, -0.05) is 22.9 Å². The van der Waals surface area contributed by atoms with Gasteiger partial charge in [-0.25, -0.2) is 8.78 Å². The number of hydrogen-bond acceptors (Lipinski definition) is 1. The molecule has 0 bridgehead atoms. The molecular weight excluding hydrogens is 386 g/mol. The van der Waals surface area contributed by atoms with Crippen LogP contribution in [-0.4, -0.2) is 0 Å². The SMILES string of the molecule is CCc1ccsc1C(Br)c1cc(F)c(Br)cc1F. The average Bonchev–Trinajstić information content (AvgIpc) is 2.81. The molecule has 0 N–H and O–H groups in total. The Morgan fingerprint density at radius 1 is 1.28 bits per heavy atom. The Balaban J connectivity index is 2.46. The number of hydrogen-bond donors (Lipinski definition) is 0. The zero-order chi connectivity index (χ0) is 13.3. The van der Waals surface area contributed by atoms with E-state index >= 15 is 0 Å². The fourth-order valence-electron chi connectivity index (χ4n) is 1.74. The van der Waals surface area contributed by atoms with Gasteiger partial charge in [-0.3, -0.25) is 0 Å². The molecule has 0 saturated heterocycles. The summed E-state index contributed by atoms with van der Waals surface area (Å²) in [6.45, 7) is 2.05. The van der Waals surface area contributed by atoms with Crippen LogP contribution in [0.2, 0.25) is 0 Å². The summed E-state index contributed by atoms with van der Waals surface area (Å²) in [5.74, 6) is -0.869. The summed E-state index contributed by atoms with van der Waals surface area (Å²) in [6.07, 6.45) is 0.877. The molecule has 18 heavy (non-hydrogen) atoms. The van der Waals surface area contributed by atoms with E-state index in [1.807, 2.05) is 18.4 Å². The van der Waals surface area contributed by atoms with Crippen molar-refractivity contribution in [1.82, 2.24) is 0 Å². The van der Waals surface area contributed by atoms with Crippen LogP contribution in [0.4, 0.5) is 8.78 Å². The van der Waals surface area contributed by atoms with Gasteiger partial charge >= 0.3 is 0 Å². The van der Waals surface area contributed by atoms with Gasteiger partial charge in [-0.15, -0.1) is 11.3 Å². The molecule has 0 radical (unpaired) electrons. The molecule has 5 heteroatoms. The van der Waals surface area contributed by atoms with Gasteiger partial charge in [0, 0.05) is 10.4 Å². The Bertz CT molecular complexity index is 566. The standard InChI is InChI=1S/C13H10Br2F2S/c1-2-7-3-4-18-13(7)12(15)8-5-11(17)9(14)6-10(8)16/h3-6,12H,2H2,1H3. The van der Waals surface area contributed by atoms with Crippen LogP contribution in [0.25, 0.3) is 0 Å². The molecule has 0 aliphatic heterocycles. The Kier molecular flexibility index (Phi) is 4.56. The maximum absolute atomic E-state index is 13.9. The second-order valence-electron chi connectivity index (χ2n) is 3.81. The van der Waals surface area contributed by atoms with Crippen molar-refractivity contribution in [2.24, 2.45) is 0 Å². The van der Waals surface area contributed by atoms with Crippen LogP contribution in [-0.2, 0) is 6.42 Å². The summed E-state index contributed by atoms with van der Waals surface area (Å²) in [6, 6.07) is 4.41. The summed E-state index contributed by atoms with van der Waals surface area (Å²) in [5.41, 5.74) is 1.48. The maximum Gasteiger partial charge on any atom is 0.137 e. The van der Waals surface area contributed by atoms with Gasteiger partial charge in [0.05, 0.1) is 9.30 Å². The number of thiophene rings is 1. The van der Waals surface area contributed by atoms with Gasteiger partial charge < -0.3 is 0 Å². The van der Waals surface area contributed by atoms with Crippen molar-refractivity contribution in [2.75, 3.05) is 0 Å². The molecule has 1 heterocycles. The van der Waals surface area contributed by atoms with Gasteiger partial charge in [0.25, 0.3) is 0 Å². The van der Waals surface area contributed by atoms with Crippen LogP contribution >= 0.6 is 43.2 Å². The lowest BCUT2D eigenvalue weighted by molar-refractivity contribution is 0.583. The maximum atomic E-state index is 13.9. The molecule has 0 nitrogen and oxygen atoms in total. The average molecular weight is 396 g/mol. The van der Waals surface area contributed by atoms with Crippen molar-refractivity contribution in [3.63, 3.8) is 0 Å². The first-order valence-corrected chi connectivity index (χ1v) is 7.98. The molecule has 2 aromatic rings. The molecule has 1 aromatic heterocycles. The van der Waals surface area contributed by atoms with Crippen molar-refractivity contribution >= 4 is 43.2 Å². The highest BCUT2D eigenvalue weighted by atomic mass is 79.9. The highest BCUT2D eigenvalue weighted by molar-refractivity contribution is 9.10. The number of halogens is 4. The van der Waals surface area contributed by atoms with Crippen molar-refractivity contribution in [3.05, 3.63) is 55.7 Å². The molecule has 0 aliphatic rings. The van der Waals surface area contributed by atoms with E-state index < -0.39 is 11.6 Å². The van der Waals surface area contributed by atoms with E-state index in [1.54, 1.807) is 11.3 Å². The van der Waals surface area contributed by atoms with E-state index in [-0.39, 0.29) is 9.30 Å². The zero-order valence-electron chi connectivity index (χ0n) is 9.51. The predicted octanol–water partition coefficient (Wildman–Crippen LogP) is 5.84. The van der Waals surface area contributed by atoms with Crippen LogP contribution in [0.15, 0.2) is 28.1 Å². The Hall–Kier alpha value is -0.260. The van der Waals surface area contributed by atoms with E-state index in [1.165, 1.54) is 6.07 Å². The molecule has 0 spiro atoms. The molecule has 1 unspecified atom stereocenters. The molecule has 0 saturated carbocycles. The molecule has 1 aromatic carbocycles. The quantitative estimate of drug-likeness (QED) is 0.452. The van der Waals surface area contributed by atoms with Crippen LogP contribution in [0.5, 0.6) is 0 Å². The Labute approximate surface area is 125 Å². The number of benzene rings is 1. The van der Waals surface area contributed by atoms with E-state index in [9.17, 15) is 8.78 Å². The number of alkyl halides is 1. The zero-order valence-corrected chi connectivity index (χ0v) is 13.5. The fourth-order valence-corrected chi connectivity index (χ4v) is 4.01.